The maximum Gasteiger partial charge on any atom is 0.266 e. The summed E-state index contributed by atoms with van der Waals surface area (Å²) in [7, 11) is 0. The van der Waals surface area contributed by atoms with E-state index in [4.69, 9.17) is 4.42 Å². The van der Waals surface area contributed by atoms with E-state index >= 15 is 0 Å². The molecule has 6 heteroatoms. The van der Waals surface area contributed by atoms with Gasteiger partial charge in [-0.3, -0.25) is 4.79 Å². The van der Waals surface area contributed by atoms with Crippen LogP contribution in [-0.2, 0) is 4.79 Å². The Morgan fingerprint density at radius 1 is 1.15 bits per heavy atom. The molecule has 0 aliphatic heterocycles. The average molecular weight is 371 g/mol. The standard InChI is InChI=1S/C21H13N3O2S/c22-13-15(12-17-7-4-10-26-17)20(25)23-16-6-3-5-14(11-16)21-24-18-8-1-2-9-19(18)27-21/h1-12H,(H,23,25). The largest absolute Gasteiger partial charge is 0.465 e. The Balaban J connectivity index is 1.59. The number of thiazole rings is 1. The summed E-state index contributed by atoms with van der Waals surface area (Å²) in [6.45, 7) is 0. The molecule has 0 unspecified atom stereocenters. The maximum absolute atomic E-state index is 12.4. The molecule has 0 aliphatic carbocycles. The normalized spacial score (nSPS) is 11.3. The smallest absolute Gasteiger partial charge is 0.266 e. The van der Waals surface area contributed by atoms with E-state index in [2.05, 4.69) is 10.3 Å². The topological polar surface area (TPSA) is 78.9 Å². The van der Waals surface area contributed by atoms with Crippen molar-refractivity contribution in [2.24, 2.45) is 0 Å². The molecule has 2 aromatic heterocycles. The third-order valence-electron chi connectivity index (χ3n) is 3.86. The molecule has 4 aromatic rings. The molecule has 5 nitrogen and oxygen atoms in total. The predicted molar refractivity (Wildman–Crippen MR) is 106 cm³/mol. The van der Waals surface area contributed by atoms with Gasteiger partial charge in [0.1, 0.15) is 22.4 Å². The Morgan fingerprint density at radius 3 is 2.81 bits per heavy atom. The van der Waals surface area contributed by atoms with E-state index in [0.29, 0.717) is 11.4 Å². The van der Waals surface area contributed by atoms with Gasteiger partial charge in [-0.2, -0.15) is 5.26 Å². The monoisotopic (exact) mass is 371 g/mol. The highest BCUT2D eigenvalue weighted by Crippen LogP contribution is 2.31. The molecular weight excluding hydrogens is 358 g/mol. The molecule has 0 aliphatic rings. The lowest BCUT2D eigenvalue weighted by atomic mass is 10.2. The Hall–Kier alpha value is -3.69. The molecule has 4 rings (SSSR count). The Labute approximate surface area is 159 Å². The first kappa shape index (κ1) is 16.8. The fraction of sp³-hybridized carbons (Fsp3) is 0. The van der Waals surface area contributed by atoms with Gasteiger partial charge in [-0.05, 0) is 36.4 Å². The number of para-hydroxylation sites is 1. The van der Waals surface area contributed by atoms with Crippen LogP contribution in [-0.4, -0.2) is 10.9 Å². The van der Waals surface area contributed by atoms with Crippen molar-refractivity contribution in [3.8, 4) is 16.6 Å². The lowest BCUT2D eigenvalue weighted by molar-refractivity contribution is -0.112. The van der Waals surface area contributed by atoms with Gasteiger partial charge in [-0.15, -0.1) is 11.3 Å². The number of furan rings is 1. The van der Waals surface area contributed by atoms with Crippen LogP contribution in [0.5, 0.6) is 0 Å². The Bertz CT molecular complexity index is 1150. The van der Waals surface area contributed by atoms with E-state index in [1.807, 2.05) is 48.5 Å². The molecule has 0 fully saturated rings. The maximum atomic E-state index is 12.4. The number of hydrogen-bond acceptors (Lipinski definition) is 5. The van der Waals surface area contributed by atoms with Gasteiger partial charge in [0.2, 0.25) is 0 Å². The first-order chi connectivity index (χ1) is 13.2. The molecule has 0 saturated heterocycles. The third-order valence-corrected chi connectivity index (χ3v) is 4.94. The zero-order chi connectivity index (χ0) is 18.6. The molecule has 0 radical (unpaired) electrons. The Morgan fingerprint density at radius 2 is 2.04 bits per heavy atom. The summed E-state index contributed by atoms with van der Waals surface area (Å²) in [5, 5.41) is 12.9. The summed E-state index contributed by atoms with van der Waals surface area (Å²) in [5.74, 6) is -0.0414. The zero-order valence-corrected chi connectivity index (χ0v) is 14.9. The van der Waals surface area contributed by atoms with E-state index in [1.54, 1.807) is 29.5 Å². The van der Waals surface area contributed by atoms with Crippen molar-refractivity contribution in [3.05, 3.63) is 78.3 Å². The number of benzene rings is 2. The number of fused-ring (bicyclic) bond motifs is 1. The SMILES string of the molecule is N#CC(=Cc1ccco1)C(=O)Nc1cccc(-c2nc3ccccc3s2)c1. The minimum atomic E-state index is -0.490. The molecule has 0 spiro atoms. The van der Waals surface area contributed by atoms with E-state index in [9.17, 15) is 10.1 Å². The van der Waals surface area contributed by atoms with E-state index in [0.717, 1.165) is 20.8 Å². The summed E-state index contributed by atoms with van der Waals surface area (Å²) in [6.07, 6.45) is 2.90. The summed E-state index contributed by atoms with van der Waals surface area (Å²) in [4.78, 5) is 17.0. The van der Waals surface area contributed by atoms with Gasteiger partial charge in [0, 0.05) is 17.3 Å². The highest BCUT2D eigenvalue weighted by Gasteiger charge is 2.12. The first-order valence-corrected chi connectivity index (χ1v) is 8.97. The molecule has 2 heterocycles. The van der Waals surface area contributed by atoms with Crippen LogP contribution in [0.15, 0.2) is 76.9 Å². The number of nitriles is 1. The highest BCUT2D eigenvalue weighted by molar-refractivity contribution is 7.21. The molecule has 1 N–H and O–H groups in total. The molecule has 2 aromatic carbocycles. The van der Waals surface area contributed by atoms with Crippen LogP contribution >= 0.6 is 11.3 Å². The van der Waals surface area contributed by atoms with Crippen molar-refractivity contribution in [1.82, 2.24) is 4.98 Å². The van der Waals surface area contributed by atoms with Crippen LogP contribution in [0.4, 0.5) is 5.69 Å². The molecule has 27 heavy (non-hydrogen) atoms. The average Bonchev–Trinajstić information content (AvgIpc) is 3.35. The van der Waals surface area contributed by atoms with Crippen LogP contribution in [0, 0.1) is 11.3 Å². The number of rotatable bonds is 4. The Kier molecular flexibility index (Phi) is 4.52. The van der Waals surface area contributed by atoms with Gasteiger partial charge >= 0.3 is 0 Å². The van der Waals surface area contributed by atoms with Crippen molar-refractivity contribution >= 4 is 39.2 Å². The van der Waals surface area contributed by atoms with Crippen molar-refractivity contribution in [1.29, 1.82) is 5.26 Å². The number of carbonyl (C=O) groups excluding carboxylic acids is 1. The van der Waals surface area contributed by atoms with Crippen LogP contribution in [0.25, 0.3) is 26.9 Å². The second kappa shape index (κ2) is 7.28. The van der Waals surface area contributed by atoms with Gasteiger partial charge in [0.05, 0.1) is 16.5 Å². The van der Waals surface area contributed by atoms with E-state index < -0.39 is 5.91 Å². The van der Waals surface area contributed by atoms with Crippen LogP contribution in [0.3, 0.4) is 0 Å². The fourth-order valence-corrected chi connectivity index (χ4v) is 3.55. The number of carbonyl (C=O) groups is 1. The molecule has 0 atom stereocenters. The van der Waals surface area contributed by atoms with Crippen LogP contribution < -0.4 is 5.32 Å². The molecular formula is C21H13N3O2S. The molecule has 0 saturated carbocycles. The second-order valence-electron chi connectivity index (χ2n) is 5.71. The first-order valence-electron chi connectivity index (χ1n) is 8.15. The van der Waals surface area contributed by atoms with Crippen molar-refractivity contribution in [2.75, 3.05) is 5.32 Å². The summed E-state index contributed by atoms with van der Waals surface area (Å²) >= 11 is 1.59. The summed E-state index contributed by atoms with van der Waals surface area (Å²) in [6, 6.07) is 20.6. The van der Waals surface area contributed by atoms with Crippen molar-refractivity contribution in [2.45, 2.75) is 0 Å². The van der Waals surface area contributed by atoms with E-state index in [-0.39, 0.29) is 5.57 Å². The summed E-state index contributed by atoms with van der Waals surface area (Å²) < 4.78 is 6.26. The van der Waals surface area contributed by atoms with Gasteiger partial charge in [0.25, 0.3) is 5.91 Å². The van der Waals surface area contributed by atoms with Gasteiger partial charge in [-0.25, -0.2) is 4.98 Å². The highest BCUT2D eigenvalue weighted by atomic mass is 32.1. The number of nitrogens with zero attached hydrogens (tertiary/aromatic N) is 2. The van der Waals surface area contributed by atoms with Gasteiger partial charge < -0.3 is 9.73 Å². The van der Waals surface area contributed by atoms with Crippen molar-refractivity contribution in [3.63, 3.8) is 0 Å². The third kappa shape index (κ3) is 3.64. The fourth-order valence-electron chi connectivity index (χ4n) is 2.59. The number of anilines is 1. The molecule has 130 valence electrons. The number of hydrogen-bond donors (Lipinski definition) is 1. The lowest BCUT2D eigenvalue weighted by Crippen LogP contribution is -2.13. The second-order valence-corrected chi connectivity index (χ2v) is 6.74. The van der Waals surface area contributed by atoms with E-state index in [1.165, 1.54) is 12.3 Å². The molecule has 1 amide bonds. The number of amides is 1. The predicted octanol–water partition coefficient (Wildman–Crippen LogP) is 5.10. The van der Waals surface area contributed by atoms with Crippen LogP contribution in [0.2, 0.25) is 0 Å². The van der Waals surface area contributed by atoms with Crippen LogP contribution in [0.1, 0.15) is 5.76 Å². The van der Waals surface area contributed by atoms with Gasteiger partial charge in [0.15, 0.2) is 0 Å². The minimum Gasteiger partial charge on any atom is -0.465 e. The van der Waals surface area contributed by atoms with Gasteiger partial charge in [-0.1, -0.05) is 24.3 Å². The number of nitrogens with one attached hydrogen (secondary N) is 1. The minimum absolute atomic E-state index is 0.0321. The summed E-state index contributed by atoms with van der Waals surface area (Å²) in [5.41, 5.74) is 2.41. The quantitative estimate of drug-likeness (QED) is 0.400. The molecule has 0 bridgehead atoms. The lowest BCUT2D eigenvalue weighted by Gasteiger charge is -2.05. The number of aromatic nitrogens is 1. The van der Waals surface area contributed by atoms with Crippen molar-refractivity contribution < 1.29 is 9.21 Å². The zero-order valence-electron chi connectivity index (χ0n) is 14.0.